The molecule has 3 aromatic heterocycles. The number of fused-ring (bicyclic) bond motifs is 1. The molecular weight excluding hydrogens is 557 g/mol. The van der Waals surface area contributed by atoms with Gasteiger partial charge in [0, 0.05) is 18.4 Å². The van der Waals surface area contributed by atoms with Gasteiger partial charge in [-0.25, -0.2) is 19.0 Å². The molecule has 0 bridgehead atoms. The van der Waals surface area contributed by atoms with Gasteiger partial charge in [-0.2, -0.15) is 9.97 Å². The summed E-state index contributed by atoms with van der Waals surface area (Å²) >= 11 is 7.32. The molecule has 0 aliphatic carbocycles. The number of alkyl halides is 1. The van der Waals surface area contributed by atoms with Gasteiger partial charge in [0.25, 0.3) is 5.60 Å². The zero-order valence-electron chi connectivity index (χ0n) is 20.3. The first kappa shape index (κ1) is 28.3. The van der Waals surface area contributed by atoms with Crippen molar-refractivity contribution >= 4 is 51.9 Å². The summed E-state index contributed by atoms with van der Waals surface area (Å²) in [5.74, 6) is -3.66. The van der Waals surface area contributed by atoms with E-state index in [0.29, 0.717) is 5.56 Å². The Kier molecular flexibility index (Phi) is 8.42. The van der Waals surface area contributed by atoms with Crippen LogP contribution in [0.5, 0.6) is 0 Å². The number of aromatic nitrogens is 4. The fourth-order valence-corrected chi connectivity index (χ4v) is 4.80. The number of aliphatic hydroxyl groups excluding tert-OH is 1. The van der Waals surface area contributed by atoms with E-state index in [2.05, 4.69) is 15.0 Å². The Labute approximate surface area is 229 Å². The Morgan fingerprint density at radius 1 is 1.21 bits per heavy atom. The van der Waals surface area contributed by atoms with Crippen molar-refractivity contribution in [3.63, 3.8) is 0 Å². The SMILES string of the molecule is CO[C@H](COC(Cc1ccc(-c2cccs2)cc1)(C(=O)O)C(=O)O)[C@@H](O)[C@H](F)n1cnc2c(N)nc(Cl)nc21. The topological polar surface area (TPSA) is 183 Å². The molecule has 0 aliphatic rings. The zero-order chi connectivity index (χ0) is 28.3. The van der Waals surface area contributed by atoms with Crippen LogP contribution in [-0.2, 0) is 25.5 Å². The molecule has 0 saturated heterocycles. The molecule has 0 unspecified atom stereocenters. The van der Waals surface area contributed by atoms with Gasteiger partial charge in [-0.1, -0.05) is 30.3 Å². The number of carboxylic acid groups (broad SMARTS) is 2. The maximum Gasteiger partial charge on any atom is 0.348 e. The second-order valence-electron chi connectivity index (χ2n) is 8.44. The molecule has 4 rings (SSSR count). The second-order valence-corrected chi connectivity index (χ2v) is 9.72. The summed E-state index contributed by atoms with van der Waals surface area (Å²) in [5, 5.41) is 32.1. The van der Waals surface area contributed by atoms with Gasteiger partial charge < -0.3 is 30.5 Å². The van der Waals surface area contributed by atoms with Crippen LogP contribution in [-0.4, -0.2) is 78.3 Å². The lowest BCUT2D eigenvalue weighted by molar-refractivity contribution is -0.192. The third kappa shape index (κ3) is 5.69. The summed E-state index contributed by atoms with van der Waals surface area (Å²) in [4.78, 5) is 36.9. The largest absolute Gasteiger partial charge is 0.479 e. The summed E-state index contributed by atoms with van der Waals surface area (Å²) in [6, 6.07) is 10.5. The molecule has 0 radical (unpaired) electrons. The number of aliphatic hydroxyl groups is 1. The molecule has 39 heavy (non-hydrogen) atoms. The third-order valence-electron chi connectivity index (χ3n) is 6.05. The molecule has 5 N–H and O–H groups in total. The van der Waals surface area contributed by atoms with Crippen molar-refractivity contribution in [1.82, 2.24) is 19.5 Å². The quantitative estimate of drug-likeness (QED) is 0.143. The number of benzene rings is 1. The van der Waals surface area contributed by atoms with E-state index in [9.17, 15) is 24.9 Å². The van der Waals surface area contributed by atoms with Crippen LogP contribution in [0.3, 0.4) is 0 Å². The van der Waals surface area contributed by atoms with E-state index in [-0.39, 0.29) is 22.3 Å². The minimum Gasteiger partial charge on any atom is -0.479 e. The van der Waals surface area contributed by atoms with Gasteiger partial charge in [-0.3, -0.25) is 4.57 Å². The first-order valence-corrected chi connectivity index (χ1v) is 12.6. The Bertz CT molecular complexity index is 1450. The number of carbonyl (C=O) groups is 2. The highest BCUT2D eigenvalue weighted by Crippen LogP contribution is 2.29. The number of hydrogen-bond acceptors (Lipinski definition) is 10. The molecule has 0 amide bonds. The van der Waals surface area contributed by atoms with Crippen LogP contribution in [0.4, 0.5) is 10.2 Å². The van der Waals surface area contributed by atoms with E-state index >= 15 is 4.39 Å². The predicted molar refractivity (Wildman–Crippen MR) is 139 cm³/mol. The van der Waals surface area contributed by atoms with Crippen molar-refractivity contribution in [3.05, 3.63) is 59.0 Å². The second kappa shape index (κ2) is 11.6. The molecule has 15 heteroatoms. The monoisotopic (exact) mass is 579 g/mol. The first-order chi connectivity index (χ1) is 18.6. The van der Waals surface area contributed by atoms with Crippen LogP contribution < -0.4 is 5.73 Å². The summed E-state index contributed by atoms with van der Waals surface area (Å²) in [6.45, 7) is -0.783. The van der Waals surface area contributed by atoms with E-state index in [1.165, 1.54) is 11.3 Å². The van der Waals surface area contributed by atoms with Gasteiger partial charge in [-0.05, 0) is 34.2 Å². The number of carboxylic acids is 2. The standard InChI is InChI=1S/C24H23ClFN5O7S/c1-37-14(17(32)18(26)31-11-28-16-19(27)29-23(25)30-20(16)31)10-38-24(21(33)34,22(35)36)9-12-4-6-13(7-5-12)15-3-2-8-39-15/h2-8,11,14,17-18,32H,9-10H2,1H3,(H,33,34)(H,35,36)(H2,27,29,30)/t14-,17-,18-/m1/s1. The fourth-order valence-electron chi connectivity index (χ4n) is 3.90. The molecule has 0 fully saturated rings. The first-order valence-electron chi connectivity index (χ1n) is 11.3. The smallest absolute Gasteiger partial charge is 0.348 e. The Morgan fingerprint density at radius 2 is 1.90 bits per heavy atom. The van der Waals surface area contributed by atoms with E-state index in [1.54, 1.807) is 24.3 Å². The van der Waals surface area contributed by atoms with Gasteiger partial charge in [0.1, 0.15) is 17.7 Å². The average Bonchev–Trinajstić information content (AvgIpc) is 3.58. The Balaban J connectivity index is 1.54. The normalized spacial score (nSPS) is 14.3. The summed E-state index contributed by atoms with van der Waals surface area (Å²) in [6.07, 6.45) is -5.22. The molecule has 0 aliphatic heterocycles. The lowest BCUT2D eigenvalue weighted by Crippen LogP contribution is -2.53. The lowest BCUT2D eigenvalue weighted by atomic mass is 9.93. The number of aliphatic carboxylic acids is 2. The number of anilines is 1. The summed E-state index contributed by atoms with van der Waals surface area (Å²) in [5.41, 5.74) is 4.17. The van der Waals surface area contributed by atoms with Crippen molar-refractivity contribution in [2.45, 2.75) is 30.5 Å². The number of rotatable bonds is 12. The number of halogens is 2. The van der Waals surface area contributed by atoms with Crippen molar-refractivity contribution in [2.75, 3.05) is 19.5 Å². The number of imidazole rings is 1. The van der Waals surface area contributed by atoms with Crippen molar-refractivity contribution in [2.24, 2.45) is 0 Å². The van der Waals surface area contributed by atoms with Crippen LogP contribution in [0.1, 0.15) is 11.9 Å². The van der Waals surface area contributed by atoms with E-state index in [0.717, 1.165) is 28.4 Å². The number of methoxy groups -OCH3 is 1. The van der Waals surface area contributed by atoms with Gasteiger partial charge in [0.05, 0.1) is 12.9 Å². The van der Waals surface area contributed by atoms with Gasteiger partial charge in [0.15, 0.2) is 11.5 Å². The summed E-state index contributed by atoms with van der Waals surface area (Å²) in [7, 11) is 1.12. The third-order valence-corrected chi connectivity index (χ3v) is 7.14. The molecule has 1 aromatic carbocycles. The van der Waals surface area contributed by atoms with Gasteiger partial charge in [0.2, 0.25) is 11.6 Å². The maximum atomic E-state index is 15.4. The van der Waals surface area contributed by atoms with Crippen molar-refractivity contribution in [3.8, 4) is 10.4 Å². The number of hydrogen-bond donors (Lipinski definition) is 4. The number of ether oxygens (including phenoxy) is 2. The van der Waals surface area contributed by atoms with Crippen LogP contribution in [0, 0.1) is 0 Å². The number of thiophene rings is 1. The van der Waals surface area contributed by atoms with E-state index in [4.69, 9.17) is 26.8 Å². The molecule has 4 aromatic rings. The highest BCUT2D eigenvalue weighted by atomic mass is 35.5. The Morgan fingerprint density at radius 3 is 2.49 bits per heavy atom. The maximum absolute atomic E-state index is 15.4. The van der Waals surface area contributed by atoms with E-state index in [1.807, 2.05) is 17.5 Å². The zero-order valence-corrected chi connectivity index (χ0v) is 21.8. The number of nitrogen functional groups attached to an aromatic ring is 1. The number of nitrogens with two attached hydrogens (primary N) is 1. The molecule has 12 nitrogen and oxygen atoms in total. The van der Waals surface area contributed by atoms with Crippen molar-refractivity contribution in [1.29, 1.82) is 0 Å². The Hall–Kier alpha value is -3.69. The van der Waals surface area contributed by atoms with Crippen LogP contribution in [0.25, 0.3) is 21.6 Å². The molecule has 0 spiro atoms. The highest BCUT2D eigenvalue weighted by Gasteiger charge is 2.49. The predicted octanol–water partition coefficient (Wildman–Crippen LogP) is 2.80. The van der Waals surface area contributed by atoms with Crippen LogP contribution in [0.2, 0.25) is 5.28 Å². The number of nitrogens with zero attached hydrogens (tertiary/aromatic N) is 4. The van der Waals surface area contributed by atoms with Crippen LogP contribution in [0.15, 0.2) is 48.1 Å². The average molecular weight is 580 g/mol. The molecule has 206 valence electrons. The van der Waals surface area contributed by atoms with E-state index < -0.39 is 49.1 Å². The molecular formula is C24H23ClFN5O7S. The molecule has 3 heterocycles. The minimum absolute atomic E-state index is 0.0420. The van der Waals surface area contributed by atoms with Gasteiger partial charge >= 0.3 is 11.9 Å². The highest BCUT2D eigenvalue weighted by molar-refractivity contribution is 7.13. The summed E-state index contributed by atoms with van der Waals surface area (Å²) < 4.78 is 26.8. The van der Waals surface area contributed by atoms with Crippen molar-refractivity contribution < 1.29 is 38.8 Å². The van der Waals surface area contributed by atoms with Gasteiger partial charge in [-0.15, -0.1) is 11.3 Å². The molecule has 0 saturated carbocycles. The van der Waals surface area contributed by atoms with Crippen LogP contribution >= 0.6 is 22.9 Å². The fraction of sp³-hybridized carbons (Fsp3) is 0.292. The minimum atomic E-state index is -2.75. The lowest BCUT2D eigenvalue weighted by Gasteiger charge is -2.30. The molecule has 3 atom stereocenters.